The molecular formula is C21H17F3N4O. The van der Waals surface area contributed by atoms with Gasteiger partial charge in [-0.15, -0.1) is 0 Å². The number of para-hydroxylation sites is 1. The van der Waals surface area contributed by atoms with Crippen LogP contribution in [0.15, 0.2) is 60.8 Å². The molecule has 0 fully saturated rings. The Labute approximate surface area is 165 Å². The van der Waals surface area contributed by atoms with Crippen LogP contribution in [-0.4, -0.2) is 22.4 Å². The molecule has 0 aliphatic carbocycles. The van der Waals surface area contributed by atoms with Gasteiger partial charge in [-0.1, -0.05) is 24.3 Å². The third-order valence-electron chi connectivity index (χ3n) is 4.68. The van der Waals surface area contributed by atoms with E-state index in [1.54, 1.807) is 4.90 Å². The van der Waals surface area contributed by atoms with Crippen LogP contribution in [-0.2, 0) is 12.6 Å². The van der Waals surface area contributed by atoms with Crippen molar-refractivity contribution < 1.29 is 18.0 Å². The van der Waals surface area contributed by atoms with Gasteiger partial charge in [0.25, 0.3) is 5.91 Å². The fraction of sp³-hybridized carbons (Fsp3) is 0.190. The number of hydrogen-bond donors (Lipinski definition) is 1. The van der Waals surface area contributed by atoms with Gasteiger partial charge in [-0.25, -0.2) is 9.97 Å². The second kappa shape index (κ2) is 7.54. The normalized spacial score (nSPS) is 13.7. The monoisotopic (exact) mass is 398 g/mol. The molecular weight excluding hydrogens is 381 g/mol. The Morgan fingerprint density at radius 3 is 2.72 bits per heavy atom. The van der Waals surface area contributed by atoms with Gasteiger partial charge < -0.3 is 10.2 Å². The summed E-state index contributed by atoms with van der Waals surface area (Å²) in [4.78, 5) is 22.9. The highest BCUT2D eigenvalue weighted by Gasteiger charge is 2.30. The van der Waals surface area contributed by atoms with Crippen molar-refractivity contribution in [3.63, 3.8) is 0 Å². The van der Waals surface area contributed by atoms with Crippen LogP contribution in [0.3, 0.4) is 0 Å². The first-order valence-corrected chi connectivity index (χ1v) is 9.09. The summed E-state index contributed by atoms with van der Waals surface area (Å²) in [6.07, 6.45) is -1.28. The van der Waals surface area contributed by atoms with Crippen molar-refractivity contribution >= 4 is 23.2 Å². The van der Waals surface area contributed by atoms with Crippen molar-refractivity contribution in [3.05, 3.63) is 77.6 Å². The number of carbonyl (C=O) groups is 1. The average Bonchev–Trinajstić information content (AvgIpc) is 2.72. The first-order chi connectivity index (χ1) is 13.9. The zero-order valence-electron chi connectivity index (χ0n) is 15.3. The van der Waals surface area contributed by atoms with Gasteiger partial charge in [0.15, 0.2) is 0 Å². The number of rotatable bonds is 3. The molecule has 3 aromatic rings. The predicted molar refractivity (Wildman–Crippen MR) is 103 cm³/mol. The zero-order valence-corrected chi connectivity index (χ0v) is 15.3. The summed E-state index contributed by atoms with van der Waals surface area (Å²) in [5, 5.41) is 2.74. The number of fused-ring (bicyclic) bond motifs is 1. The van der Waals surface area contributed by atoms with E-state index in [1.807, 2.05) is 24.3 Å². The Bertz CT molecular complexity index is 1050. The molecule has 2 heterocycles. The highest BCUT2D eigenvalue weighted by atomic mass is 19.4. The fourth-order valence-corrected chi connectivity index (χ4v) is 3.32. The molecule has 1 aromatic heterocycles. The number of hydrogen-bond acceptors (Lipinski definition) is 4. The zero-order chi connectivity index (χ0) is 20.4. The molecule has 0 unspecified atom stereocenters. The second-order valence-corrected chi connectivity index (χ2v) is 6.66. The van der Waals surface area contributed by atoms with Crippen LogP contribution in [0.2, 0.25) is 0 Å². The van der Waals surface area contributed by atoms with Crippen LogP contribution < -0.4 is 10.2 Å². The van der Waals surface area contributed by atoms with Crippen molar-refractivity contribution in [3.8, 4) is 0 Å². The van der Waals surface area contributed by atoms with Crippen molar-refractivity contribution in [1.82, 2.24) is 9.97 Å². The van der Waals surface area contributed by atoms with Crippen molar-refractivity contribution in [1.29, 1.82) is 0 Å². The van der Waals surface area contributed by atoms with Gasteiger partial charge in [-0.05, 0) is 48.7 Å². The predicted octanol–water partition coefficient (Wildman–Crippen LogP) is 4.83. The lowest BCUT2D eigenvalue weighted by Crippen LogP contribution is -2.36. The molecule has 29 heavy (non-hydrogen) atoms. The minimum Gasteiger partial charge on any atom is -0.324 e. The highest BCUT2D eigenvalue weighted by Crippen LogP contribution is 2.31. The number of nitrogens with zero attached hydrogens (tertiary/aromatic N) is 3. The van der Waals surface area contributed by atoms with Gasteiger partial charge in [-0.2, -0.15) is 13.2 Å². The molecule has 0 saturated heterocycles. The van der Waals surface area contributed by atoms with E-state index in [0.717, 1.165) is 36.2 Å². The smallest absolute Gasteiger partial charge is 0.324 e. The lowest BCUT2D eigenvalue weighted by molar-refractivity contribution is -0.137. The number of nitrogens with one attached hydrogen (secondary N) is 1. The summed E-state index contributed by atoms with van der Waals surface area (Å²) < 4.78 is 38.7. The van der Waals surface area contributed by atoms with Gasteiger partial charge in [0.1, 0.15) is 5.69 Å². The van der Waals surface area contributed by atoms with E-state index in [0.29, 0.717) is 6.54 Å². The summed E-state index contributed by atoms with van der Waals surface area (Å²) in [6.45, 7) is 0.580. The number of amides is 1. The summed E-state index contributed by atoms with van der Waals surface area (Å²) in [7, 11) is 0. The molecule has 0 saturated carbocycles. The maximum absolute atomic E-state index is 13.0. The van der Waals surface area contributed by atoms with E-state index in [1.165, 1.54) is 24.4 Å². The Morgan fingerprint density at radius 2 is 1.90 bits per heavy atom. The third kappa shape index (κ3) is 4.06. The quantitative estimate of drug-likeness (QED) is 0.687. The van der Waals surface area contributed by atoms with Crippen LogP contribution in [0.25, 0.3) is 0 Å². The average molecular weight is 398 g/mol. The van der Waals surface area contributed by atoms with Crippen LogP contribution in [0.1, 0.15) is 28.0 Å². The molecule has 148 valence electrons. The van der Waals surface area contributed by atoms with Crippen LogP contribution in [0, 0.1) is 0 Å². The molecule has 4 rings (SSSR count). The van der Waals surface area contributed by atoms with E-state index in [4.69, 9.17) is 0 Å². The summed E-state index contributed by atoms with van der Waals surface area (Å²) >= 11 is 0. The van der Waals surface area contributed by atoms with Crippen LogP contribution >= 0.6 is 0 Å². The molecule has 1 aliphatic rings. The number of alkyl halides is 3. The van der Waals surface area contributed by atoms with Gasteiger partial charge in [0, 0.05) is 24.1 Å². The lowest BCUT2D eigenvalue weighted by Gasteiger charge is -2.29. The van der Waals surface area contributed by atoms with E-state index >= 15 is 0 Å². The lowest BCUT2D eigenvalue weighted by atomic mass is 10.0. The van der Waals surface area contributed by atoms with Gasteiger partial charge in [-0.3, -0.25) is 4.79 Å². The summed E-state index contributed by atoms with van der Waals surface area (Å²) in [6, 6.07) is 13.9. The topological polar surface area (TPSA) is 58.1 Å². The van der Waals surface area contributed by atoms with Crippen molar-refractivity contribution in [2.45, 2.75) is 19.0 Å². The third-order valence-corrected chi connectivity index (χ3v) is 4.68. The van der Waals surface area contributed by atoms with Crippen LogP contribution in [0.4, 0.5) is 30.5 Å². The Hall–Kier alpha value is -3.42. The van der Waals surface area contributed by atoms with Gasteiger partial charge in [0.2, 0.25) is 5.95 Å². The van der Waals surface area contributed by atoms with E-state index in [9.17, 15) is 18.0 Å². The number of halogens is 3. The molecule has 1 N–H and O–H groups in total. The van der Waals surface area contributed by atoms with E-state index in [2.05, 4.69) is 15.3 Å². The molecule has 0 spiro atoms. The molecule has 0 radical (unpaired) electrons. The molecule has 1 aliphatic heterocycles. The molecule has 8 heteroatoms. The number of carbonyl (C=O) groups excluding carboxylic acids is 1. The summed E-state index contributed by atoms with van der Waals surface area (Å²) in [5.41, 5.74) is 1.54. The number of aromatic nitrogens is 2. The van der Waals surface area contributed by atoms with Crippen molar-refractivity contribution in [2.75, 3.05) is 16.8 Å². The highest BCUT2D eigenvalue weighted by molar-refractivity contribution is 6.05. The first-order valence-electron chi connectivity index (χ1n) is 9.09. The Morgan fingerprint density at radius 1 is 1.07 bits per heavy atom. The number of aryl methyl sites for hydroxylation is 1. The number of anilines is 3. The largest absolute Gasteiger partial charge is 0.416 e. The molecule has 5 nitrogen and oxygen atoms in total. The maximum Gasteiger partial charge on any atom is 0.416 e. The minimum absolute atomic E-state index is 0.0560. The van der Waals surface area contributed by atoms with E-state index < -0.39 is 11.7 Å². The second-order valence-electron chi connectivity index (χ2n) is 6.66. The van der Waals surface area contributed by atoms with Gasteiger partial charge in [0.05, 0.1) is 5.56 Å². The first kappa shape index (κ1) is 18.9. The van der Waals surface area contributed by atoms with Gasteiger partial charge >= 0.3 is 6.18 Å². The minimum atomic E-state index is -4.45. The Balaban J connectivity index is 1.58. The standard InChI is InChI=1S/C21H17F3N4O/c22-21(23,24)15-7-3-8-16(13-15)26-20-25-11-10-17(27-20)19(29)28-12-4-6-14-5-1-2-9-18(14)28/h1-3,5,7-11,13H,4,6,12H2,(H,25,26,27). The SMILES string of the molecule is O=C(c1ccnc(Nc2cccc(C(F)(F)F)c2)n1)N1CCCc2ccccc21. The fourth-order valence-electron chi connectivity index (χ4n) is 3.32. The van der Waals surface area contributed by atoms with E-state index in [-0.39, 0.29) is 23.2 Å². The number of benzene rings is 2. The molecule has 2 aromatic carbocycles. The molecule has 1 amide bonds. The molecule has 0 atom stereocenters. The van der Waals surface area contributed by atoms with Crippen molar-refractivity contribution in [2.24, 2.45) is 0 Å². The Kier molecular flexibility index (Phi) is 4.92. The maximum atomic E-state index is 13.0. The summed E-state index contributed by atoms with van der Waals surface area (Å²) in [5.74, 6) is -0.216. The van der Waals surface area contributed by atoms with Crippen LogP contribution in [0.5, 0.6) is 0 Å². The molecule has 0 bridgehead atoms.